The molecule has 1 N–H and O–H groups in total. The van der Waals surface area contributed by atoms with Gasteiger partial charge in [0.2, 0.25) is 0 Å². The minimum Gasteiger partial charge on any atom is -0.365 e. The van der Waals surface area contributed by atoms with E-state index < -0.39 is 0 Å². The van der Waals surface area contributed by atoms with Gasteiger partial charge in [-0.15, -0.1) is 0 Å². The average molecular weight is 226 g/mol. The molecule has 0 radical (unpaired) electrons. The van der Waals surface area contributed by atoms with Crippen LogP contribution < -0.4 is 5.32 Å². The van der Waals surface area contributed by atoms with E-state index in [0.717, 1.165) is 38.9 Å². The summed E-state index contributed by atoms with van der Waals surface area (Å²) >= 11 is 0. The molecule has 2 heterocycles. The molecule has 2 aliphatic heterocycles. The summed E-state index contributed by atoms with van der Waals surface area (Å²) in [5.74, 6) is 0.199. The normalized spacial score (nSPS) is 35.4. The summed E-state index contributed by atoms with van der Waals surface area (Å²) in [5.41, 5.74) is 0. The van der Waals surface area contributed by atoms with Gasteiger partial charge < -0.3 is 15.0 Å². The largest absolute Gasteiger partial charge is 0.365 e. The van der Waals surface area contributed by atoms with Gasteiger partial charge in [0.1, 0.15) is 6.10 Å². The fraction of sp³-hybridized carbons (Fsp3) is 0.917. The van der Waals surface area contributed by atoms with Crippen LogP contribution in [0.2, 0.25) is 0 Å². The fourth-order valence-electron chi connectivity index (χ4n) is 2.54. The quantitative estimate of drug-likeness (QED) is 0.756. The van der Waals surface area contributed by atoms with Crippen LogP contribution in [0.1, 0.15) is 33.1 Å². The van der Waals surface area contributed by atoms with E-state index in [2.05, 4.69) is 19.2 Å². The average Bonchev–Trinajstić information content (AvgIpc) is 2.77. The Bertz CT molecular complexity index is 257. The lowest BCUT2D eigenvalue weighted by Crippen LogP contribution is -2.54. The smallest absolute Gasteiger partial charge is 0.252 e. The molecule has 4 heteroatoms. The first-order valence-corrected chi connectivity index (χ1v) is 6.39. The number of nitrogens with zero attached hydrogens (tertiary/aromatic N) is 1. The number of amides is 1. The summed E-state index contributed by atoms with van der Waals surface area (Å²) in [6.45, 7) is 6.83. The zero-order chi connectivity index (χ0) is 11.5. The number of hydrogen-bond donors (Lipinski definition) is 1. The van der Waals surface area contributed by atoms with E-state index in [1.165, 1.54) is 0 Å². The zero-order valence-corrected chi connectivity index (χ0v) is 10.2. The standard InChI is InChI=1S/C12H22N2O2/c1-3-10-4-5-11(16-10)12(15)14-7-6-13-8-9(14)2/h9-11,13H,3-8H2,1-2H3/t9-,10?,11?/m0/s1. The number of hydrogen-bond acceptors (Lipinski definition) is 3. The zero-order valence-electron chi connectivity index (χ0n) is 10.2. The molecule has 2 saturated heterocycles. The molecule has 0 spiro atoms. The predicted octanol–water partition coefficient (Wildman–Crippen LogP) is 0.764. The second kappa shape index (κ2) is 5.15. The van der Waals surface area contributed by atoms with E-state index in [-0.39, 0.29) is 12.0 Å². The van der Waals surface area contributed by atoms with Crippen LogP contribution in [0.3, 0.4) is 0 Å². The van der Waals surface area contributed by atoms with Crippen LogP contribution in [0.15, 0.2) is 0 Å². The summed E-state index contributed by atoms with van der Waals surface area (Å²) in [4.78, 5) is 14.2. The third-order valence-corrected chi connectivity index (χ3v) is 3.62. The highest BCUT2D eigenvalue weighted by molar-refractivity contribution is 5.81. The Morgan fingerprint density at radius 2 is 2.31 bits per heavy atom. The lowest BCUT2D eigenvalue weighted by molar-refractivity contribution is -0.145. The summed E-state index contributed by atoms with van der Waals surface area (Å²) in [6.07, 6.45) is 3.07. The first-order chi connectivity index (χ1) is 7.72. The number of rotatable bonds is 2. The van der Waals surface area contributed by atoms with Crippen molar-refractivity contribution in [3.05, 3.63) is 0 Å². The molecule has 0 bridgehead atoms. The maximum Gasteiger partial charge on any atom is 0.252 e. The van der Waals surface area contributed by atoms with E-state index in [0.29, 0.717) is 12.1 Å². The highest BCUT2D eigenvalue weighted by Gasteiger charge is 2.34. The molecule has 0 aromatic rings. The Hall–Kier alpha value is -0.610. The molecule has 0 aromatic heterocycles. The van der Waals surface area contributed by atoms with Crippen LogP contribution in [-0.2, 0) is 9.53 Å². The second-order valence-electron chi connectivity index (χ2n) is 4.82. The molecule has 16 heavy (non-hydrogen) atoms. The number of piperazine rings is 1. The van der Waals surface area contributed by atoms with Crippen molar-refractivity contribution in [2.24, 2.45) is 0 Å². The maximum absolute atomic E-state index is 12.2. The molecule has 92 valence electrons. The van der Waals surface area contributed by atoms with Gasteiger partial charge in [-0.25, -0.2) is 0 Å². The Kier molecular flexibility index (Phi) is 3.82. The number of carbonyl (C=O) groups excluding carboxylic acids is 1. The van der Waals surface area contributed by atoms with Crippen molar-refractivity contribution in [2.45, 2.75) is 51.4 Å². The van der Waals surface area contributed by atoms with Crippen molar-refractivity contribution in [2.75, 3.05) is 19.6 Å². The first-order valence-electron chi connectivity index (χ1n) is 6.39. The summed E-state index contributed by atoms with van der Waals surface area (Å²) in [7, 11) is 0. The molecule has 0 saturated carbocycles. The van der Waals surface area contributed by atoms with Gasteiger partial charge in [0.05, 0.1) is 6.10 Å². The van der Waals surface area contributed by atoms with E-state index in [1.54, 1.807) is 0 Å². The molecule has 2 rings (SSSR count). The van der Waals surface area contributed by atoms with Crippen LogP contribution in [0, 0.1) is 0 Å². The molecule has 0 aromatic carbocycles. The SMILES string of the molecule is CCC1CCC(C(=O)N2CCNC[C@@H]2C)O1. The first kappa shape index (κ1) is 11.9. The Labute approximate surface area is 97.3 Å². The van der Waals surface area contributed by atoms with Crippen LogP contribution in [-0.4, -0.2) is 48.7 Å². The van der Waals surface area contributed by atoms with Gasteiger partial charge in [0, 0.05) is 25.7 Å². The van der Waals surface area contributed by atoms with Gasteiger partial charge in [0.25, 0.3) is 5.91 Å². The molecular weight excluding hydrogens is 204 g/mol. The summed E-state index contributed by atoms with van der Waals surface area (Å²) in [5, 5.41) is 3.30. The molecule has 3 atom stereocenters. The van der Waals surface area contributed by atoms with E-state index in [4.69, 9.17) is 4.74 Å². The van der Waals surface area contributed by atoms with Crippen LogP contribution in [0.4, 0.5) is 0 Å². The van der Waals surface area contributed by atoms with Gasteiger partial charge in [0.15, 0.2) is 0 Å². The molecule has 2 unspecified atom stereocenters. The molecule has 4 nitrogen and oxygen atoms in total. The van der Waals surface area contributed by atoms with Crippen molar-refractivity contribution in [3.63, 3.8) is 0 Å². The van der Waals surface area contributed by atoms with Crippen LogP contribution in [0.5, 0.6) is 0 Å². The minimum atomic E-state index is -0.175. The highest BCUT2D eigenvalue weighted by Crippen LogP contribution is 2.24. The number of ether oxygens (including phenoxy) is 1. The van der Waals surface area contributed by atoms with Crippen molar-refractivity contribution < 1.29 is 9.53 Å². The Morgan fingerprint density at radius 3 is 2.94 bits per heavy atom. The second-order valence-corrected chi connectivity index (χ2v) is 4.82. The monoisotopic (exact) mass is 226 g/mol. The third kappa shape index (κ3) is 2.38. The molecule has 1 amide bonds. The lowest BCUT2D eigenvalue weighted by atomic mass is 10.1. The lowest BCUT2D eigenvalue weighted by Gasteiger charge is -2.35. The number of carbonyl (C=O) groups is 1. The van der Waals surface area contributed by atoms with Crippen LogP contribution >= 0.6 is 0 Å². The van der Waals surface area contributed by atoms with Crippen LogP contribution in [0.25, 0.3) is 0 Å². The van der Waals surface area contributed by atoms with Gasteiger partial charge in [-0.05, 0) is 26.2 Å². The molecule has 0 aliphatic carbocycles. The predicted molar refractivity (Wildman–Crippen MR) is 62.2 cm³/mol. The molecular formula is C12H22N2O2. The van der Waals surface area contributed by atoms with E-state index in [1.807, 2.05) is 4.90 Å². The maximum atomic E-state index is 12.2. The van der Waals surface area contributed by atoms with E-state index >= 15 is 0 Å². The number of nitrogens with one attached hydrogen (secondary N) is 1. The van der Waals surface area contributed by atoms with Crippen molar-refractivity contribution in [1.82, 2.24) is 10.2 Å². The minimum absolute atomic E-state index is 0.175. The van der Waals surface area contributed by atoms with E-state index in [9.17, 15) is 4.79 Å². The van der Waals surface area contributed by atoms with Gasteiger partial charge >= 0.3 is 0 Å². The van der Waals surface area contributed by atoms with Gasteiger partial charge in [-0.3, -0.25) is 4.79 Å². The summed E-state index contributed by atoms with van der Waals surface area (Å²) < 4.78 is 5.76. The van der Waals surface area contributed by atoms with Gasteiger partial charge in [-0.2, -0.15) is 0 Å². The van der Waals surface area contributed by atoms with Crippen molar-refractivity contribution in [3.8, 4) is 0 Å². The fourth-order valence-corrected chi connectivity index (χ4v) is 2.54. The third-order valence-electron chi connectivity index (χ3n) is 3.62. The Morgan fingerprint density at radius 1 is 1.50 bits per heavy atom. The van der Waals surface area contributed by atoms with Gasteiger partial charge in [-0.1, -0.05) is 6.92 Å². The Balaban J connectivity index is 1.91. The summed E-state index contributed by atoms with van der Waals surface area (Å²) in [6, 6.07) is 0.297. The van der Waals surface area contributed by atoms with Crippen molar-refractivity contribution >= 4 is 5.91 Å². The highest BCUT2D eigenvalue weighted by atomic mass is 16.5. The topological polar surface area (TPSA) is 41.6 Å². The van der Waals surface area contributed by atoms with Crippen molar-refractivity contribution in [1.29, 1.82) is 0 Å². The molecule has 2 aliphatic rings. The molecule has 2 fully saturated rings.